The van der Waals surface area contributed by atoms with E-state index < -0.39 is 0 Å². The van der Waals surface area contributed by atoms with Crippen molar-refractivity contribution in [2.75, 3.05) is 11.9 Å². The van der Waals surface area contributed by atoms with Crippen molar-refractivity contribution in [2.24, 2.45) is 0 Å². The molecule has 0 saturated heterocycles. The van der Waals surface area contributed by atoms with Crippen LogP contribution < -0.4 is 5.32 Å². The highest BCUT2D eigenvalue weighted by Crippen LogP contribution is 2.22. The second-order valence-electron chi connectivity index (χ2n) is 3.84. The molecule has 2 rings (SSSR count). The minimum atomic E-state index is -0.340. The molecule has 0 aliphatic heterocycles. The fourth-order valence-electron chi connectivity index (χ4n) is 1.50. The lowest BCUT2D eigenvalue weighted by Crippen LogP contribution is -2.12. The zero-order chi connectivity index (χ0) is 14.5. The molecule has 0 bridgehead atoms. The van der Waals surface area contributed by atoms with Crippen molar-refractivity contribution in [1.29, 1.82) is 0 Å². The fourth-order valence-corrected chi connectivity index (χ4v) is 1.82. The molecule has 0 atom stereocenters. The van der Waals surface area contributed by atoms with Crippen LogP contribution in [-0.4, -0.2) is 22.6 Å². The lowest BCUT2D eigenvalue weighted by atomic mass is 10.2. The quantitative estimate of drug-likeness (QED) is 0.747. The van der Waals surface area contributed by atoms with Gasteiger partial charge >= 0.3 is 0 Å². The van der Waals surface area contributed by atoms with Crippen molar-refractivity contribution in [3.05, 3.63) is 51.8 Å². The van der Waals surface area contributed by atoms with Crippen LogP contribution in [0, 0.1) is 11.8 Å². The maximum atomic E-state index is 11.9. The van der Waals surface area contributed by atoms with Crippen molar-refractivity contribution in [3.63, 3.8) is 0 Å². The second kappa shape index (κ2) is 6.49. The third-order valence-electron chi connectivity index (χ3n) is 2.42. The second-order valence-corrected chi connectivity index (χ2v) is 4.62. The SMILES string of the molecule is O=C(Nc1ccc(C#CCO)cc1)c1cc(Cl)c(Cl)[nH]1. The van der Waals surface area contributed by atoms with Gasteiger partial charge in [0.25, 0.3) is 5.91 Å². The van der Waals surface area contributed by atoms with Crippen LogP contribution in [0.15, 0.2) is 30.3 Å². The molecule has 2 aromatic rings. The van der Waals surface area contributed by atoms with E-state index >= 15 is 0 Å². The third-order valence-corrected chi connectivity index (χ3v) is 3.12. The first kappa shape index (κ1) is 14.5. The van der Waals surface area contributed by atoms with Crippen LogP contribution in [0.3, 0.4) is 0 Å². The Morgan fingerprint density at radius 3 is 2.55 bits per heavy atom. The number of nitrogens with one attached hydrogen (secondary N) is 2. The molecule has 0 aliphatic carbocycles. The van der Waals surface area contributed by atoms with Gasteiger partial charge in [0.2, 0.25) is 0 Å². The number of hydrogen-bond acceptors (Lipinski definition) is 2. The number of amides is 1. The van der Waals surface area contributed by atoms with Crippen molar-refractivity contribution in [3.8, 4) is 11.8 Å². The molecule has 0 unspecified atom stereocenters. The zero-order valence-corrected chi connectivity index (χ0v) is 11.7. The summed E-state index contributed by atoms with van der Waals surface area (Å²) in [6.45, 7) is -0.188. The molecule has 0 spiro atoms. The Bertz CT molecular complexity index is 662. The molecule has 20 heavy (non-hydrogen) atoms. The first-order valence-electron chi connectivity index (χ1n) is 5.65. The van der Waals surface area contributed by atoms with E-state index in [1.807, 2.05) is 0 Å². The van der Waals surface area contributed by atoms with Gasteiger partial charge in [0.1, 0.15) is 17.5 Å². The molecule has 0 saturated carbocycles. The first-order valence-corrected chi connectivity index (χ1v) is 6.41. The van der Waals surface area contributed by atoms with Gasteiger partial charge in [-0.1, -0.05) is 35.0 Å². The molecule has 102 valence electrons. The largest absolute Gasteiger partial charge is 0.384 e. The topological polar surface area (TPSA) is 65.1 Å². The summed E-state index contributed by atoms with van der Waals surface area (Å²) in [7, 11) is 0. The molecule has 3 N–H and O–H groups in total. The summed E-state index contributed by atoms with van der Waals surface area (Å²) in [6, 6.07) is 8.37. The van der Waals surface area contributed by atoms with Crippen LogP contribution in [-0.2, 0) is 0 Å². The van der Waals surface area contributed by atoms with E-state index in [9.17, 15) is 4.79 Å². The van der Waals surface area contributed by atoms with Gasteiger partial charge in [-0.05, 0) is 30.3 Å². The van der Waals surface area contributed by atoms with Gasteiger partial charge in [0.15, 0.2) is 0 Å². The Morgan fingerprint density at radius 1 is 1.30 bits per heavy atom. The lowest BCUT2D eigenvalue weighted by Gasteiger charge is -2.03. The minimum absolute atomic E-state index is 0.188. The summed E-state index contributed by atoms with van der Waals surface area (Å²) in [5.41, 5.74) is 1.65. The highest BCUT2D eigenvalue weighted by Gasteiger charge is 2.11. The van der Waals surface area contributed by atoms with Crippen molar-refractivity contribution in [2.45, 2.75) is 0 Å². The lowest BCUT2D eigenvalue weighted by molar-refractivity contribution is 0.102. The van der Waals surface area contributed by atoms with Crippen LogP contribution in [0.1, 0.15) is 16.1 Å². The van der Waals surface area contributed by atoms with E-state index in [0.717, 1.165) is 5.56 Å². The highest BCUT2D eigenvalue weighted by atomic mass is 35.5. The molecule has 1 heterocycles. The standard InChI is InChI=1S/C14H10Cl2N2O2/c15-11-8-12(18-13(11)16)14(20)17-10-5-3-9(4-6-10)2-1-7-19/h3-6,8,18-19H,7H2,(H,17,20). The number of carbonyl (C=O) groups excluding carboxylic acids is 1. The smallest absolute Gasteiger partial charge is 0.272 e. The number of carbonyl (C=O) groups is 1. The van der Waals surface area contributed by atoms with Gasteiger partial charge in [-0.3, -0.25) is 4.79 Å². The Hall–Kier alpha value is -1.93. The monoisotopic (exact) mass is 308 g/mol. The molecule has 1 aromatic heterocycles. The van der Waals surface area contributed by atoms with Crippen LogP contribution in [0.2, 0.25) is 10.2 Å². The minimum Gasteiger partial charge on any atom is -0.384 e. The summed E-state index contributed by atoms with van der Waals surface area (Å²) in [6.07, 6.45) is 0. The van der Waals surface area contributed by atoms with Crippen LogP contribution in [0.4, 0.5) is 5.69 Å². The van der Waals surface area contributed by atoms with Crippen molar-refractivity contribution < 1.29 is 9.90 Å². The number of aromatic amines is 1. The van der Waals surface area contributed by atoms with Crippen LogP contribution in [0.25, 0.3) is 0 Å². The molecule has 0 radical (unpaired) electrons. The average molecular weight is 309 g/mol. The number of H-pyrrole nitrogens is 1. The van der Waals surface area contributed by atoms with Gasteiger partial charge in [-0.15, -0.1) is 0 Å². The number of benzene rings is 1. The van der Waals surface area contributed by atoms with Gasteiger partial charge in [-0.2, -0.15) is 0 Å². The number of hydrogen-bond donors (Lipinski definition) is 3. The van der Waals surface area contributed by atoms with E-state index in [1.54, 1.807) is 24.3 Å². The highest BCUT2D eigenvalue weighted by molar-refractivity contribution is 6.41. The zero-order valence-electron chi connectivity index (χ0n) is 10.2. The van der Waals surface area contributed by atoms with Crippen molar-refractivity contribution >= 4 is 34.8 Å². The summed E-state index contributed by atoms with van der Waals surface area (Å²) < 4.78 is 0. The van der Waals surface area contributed by atoms with E-state index in [1.165, 1.54) is 6.07 Å². The predicted molar refractivity (Wildman–Crippen MR) is 79.2 cm³/mol. The summed E-state index contributed by atoms with van der Waals surface area (Å²) in [4.78, 5) is 14.6. The van der Waals surface area contributed by atoms with Gasteiger partial charge < -0.3 is 15.4 Å². The molecule has 0 fully saturated rings. The van der Waals surface area contributed by atoms with Crippen LogP contribution >= 0.6 is 23.2 Å². The maximum absolute atomic E-state index is 11.9. The number of aromatic nitrogens is 1. The summed E-state index contributed by atoms with van der Waals surface area (Å²) >= 11 is 11.5. The van der Waals surface area contributed by atoms with Gasteiger partial charge in [0, 0.05) is 11.3 Å². The summed E-state index contributed by atoms with van der Waals surface area (Å²) in [5, 5.41) is 11.8. The Labute approximate surface area is 125 Å². The molecular formula is C14H10Cl2N2O2. The van der Waals surface area contributed by atoms with E-state index in [4.69, 9.17) is 28.3 Å². The molecule has 0 aliphatic rings. The Kier molecular flexibility index (Phi) is 4.70. The molecule has 6 heteroatoms. The molecule has 1 aromatic carbocycles. The third kappa shape index (κ3) is 3.55. The van der Waals surface area contributed by atoms with Gasteiger partial charge in [-0.25, -0.2) is 0 Å². The summed E-state index contributed by atoms with van der Waals surface area (Å²) in [5.74, 6) is 4.97. The number of aliphatic hydroxyl groups excluding tert-OH is 1. The van der Waals surface area contributed by atoms with Crippen molar-refractivity contribution in [1.82, 2.24) is 4.98 Å². The Balaban J connectivity index is 2.08. The first-order chi connectivity index (χ1) is 9.60. The maximum Gasteiger partial charge on any atom is 0.272 e. The average Bonchev–Trinajstić information content (AvgIpc) is 2.78. The predicted octanol–water partition coefficient (Wildman–Crippen LogP) is 2.92. The van der Waals surface area contributed by atoms with E-state index in [-0.39, 0.29) is 23.4 Å². The molecule has 4 nitrogen and oxygen atoms in total. The number of anilines is 1. The van der Waals surface area contributed by atoms with Gasteiger partial charge in [0.05, 0.1) is 5.02 Å². The molecular weight excluding hydrogens is 299 g/mol. The van der Waals surface area contributed by atoms with E-state index in [2.05, 4.69) is 22.1 Å². The normalized spacial score (nSPS) is 9.75. The van der Waals surface area contributed by atoms with E-state index in [0.29, 0.717) is 10.7 Å². The number of aliphatic hydroxyl groups is 1. The number of halogens is 2. The Morgan fingerprint density at radius 2 is 2.00 bits per heavy atom. The number of rotatable bonds is 2. The molecule has 1 amide bonds. The fraction of sp³-hybridized carbons (Fsp3) is 0.0714. The van der Waals surface area contributed by atoms with Crippen LogP contribution in [0.5, 0.6) is 0 Å².